The predicted molar refractivity (Wildman–Crippen MR) is 109 cm³/mol. The Morgan fingerprint density at radius 3 is 1.04 bits per heavy atom. The van der Waals surface area contributed by atoms with Crippen molar-refractivity contribution >= 4 is 6.72 Å². The molecule has 0 saturated carbocycles. The van der Waals surface area contributed by atoms with Gasteiger partial charge in [0.2, 0.25) is 0 Å². The number of rotatable bonds is 4. The van der Waals surface area contributed by atoms with Crippen molar-refractivity contribution in [2.24, 2.45) is 0 Å². The van der Waals surface area contributed by atoms with E-state index in [9.17, 15) is 0 Å². The highest BCUT2D eigenvalue weighted by atomic mass is 15.3. The Morgan fingerprint density at radius 2 is 1.04 bits per heavy atom. The quantitative estimate of drug-likeness (QED) is 0.575. The van der Waals surface area contributed by atoms with E-state index in [0.29, 0.717) is 6.04 Å². The van der Waals surface area contributed by atoms with Crippen LogP contribution >= 0.6 is 0 Å². The Balaban J connectivity index is -0.000000110. The summed E-state index contributed by atoms with van der Waals surface area (Å²) in [6.45, 7) is 21.6. The van der Waals surface area contributed by atoms with Crippen molar-refractivity contribution in [1.29, 1.82) is 0 Å². The van der Waals surface area contributed by atoms with E-state index in [1.54, 1.807) is 0 Å². The van der Waals surface area contributed by atoms with Crippen LogP contribution in [-0.4, -0.2) is 81.4 Å². The molecule has 0 spiro atoms. The van der Waals surface area contributed by atoms with Crippen molar-refractivity contribution in [2.75, 3.05) is 49.3 Å². The highest BCUT2D eigenvalue weighted by Crippen LogP contribution is 1.95. The lowest BCUT2D eigenvalue weighted by Gasteiger charge is -2.22. The summed E-state index contributed by atoms with van der Waals surface area (Å²) < 4.78 is 1.92. The Bertz CT molecular complexity index is 274. The molecule has 0 aliphatic rings. The van der Waals surface area contributed by atoms with E-state index >= 15 is 0 Å². The molecule has 0 bridgehead atoms. The van der Waals surface area contributed by atoms with Gasteiger partial charge in [-0.25, -0.2) is 4.58 Å². The van der Waals surface area contributed by atoms with Crippen LogP contribution in [0.25, 0.3) is 0 Å². The first-order chi connectivity index (χ1) is 10.3. The second kappa shape index (κ2) is 18.6. The summed E-state index contributed by atoms with van der Waals surface area (Å²) in [6, 6.07) is 0.574. The first-order valence-corrected chi connectivity index (χ1v) is 8.15. The lowest BCUT2D eigenvalue weighted by Crippen LogP contribution is -2.23. The molecule has 0 saturated heterocycles. The van der Waals surface area contributed by atoms with Crippen LogP contribution in [0.1, 0.15) is 41.0 Å². The van der Waals surface area contributed by atoms with Crippen LogP contribution in [0.15, 0.2) is 24.7 Å². The fourth-order valence-electron chi connectivity index (χ4n) is 0.400. The van der Waals surface area contributed by atoms with E-state index in [1.165, 1.54) is 6.42 Å². The number of hydrogen-bond acceptors (Lipinski definition) is 3. The van der Waals surface area contributed by atoms with Gasteiger partial charge in [-0.15, -0.1) is 0 Å². The van der Waals surface area contributed by atoms with E-state index in [-0.39, 0.29) is 0 Å². The number of hydrogen-bond donors (Lipinski definition) is 0. The Kier molecular flexibility index (Phi) is 23.9. The van der Waals surface area contributed by atoms with Gasteiger partial charge in [0.1, 0.15) is 19.8 Å². The molecule has 0 fully saturated rings. The standard InChI is InChI=1S/C6H14N2.C5H12N.C5H11N.C3H8/c1-6(7(2)3)8(4)5;2*1-5(2)6(3)4;1-3-2/h1H2,2-5H3;5H,3H2,1-2,4H3;1H2,2-4H3;3H2,1-2H3/q;+1;;. The number of nitrogens with zero attached hydrogens (tertiary/aromatic N) is 4. The van der Waals surface area contributed by atoms with Crippen LogP contribution in [0.2, 0.25) is 0 Å². The van der Waals surface area contributed by atoms with Crippen LogP contribution in [0, 0.1) is 0 Å². The zero-order valence-electron chi connectivity index (χ0n) is 18.2. The first kappa shape index (κ1) is 29.5. The summed E-state index contributed by atoms with van der Waals surface area (Å²) in [5.74, 6) is 1.02. The molecule has 0 aliphatic heterocycles. The van der Waals surface area contributed by atoms with Crippen molar-refractivity contribution < 1.29 is 4.58 Å². The minimum absolute atomic E-state index is 0.574. The Labute approximate surface area is 147 Å². The molecule has 0 heterocycles. The summed E-state index contributed by atoms with van der Waals surface area (Å²) in [6.07, 6.45) is 1.25. The van der Waals surface area contributed by atoms with Gasteiger partial charge in [-0.05, 0) is 20.8 Å². The second-order valence-electron chi connectivity index (χ2n) is 6.39. The average molecular weight is 330 g/mol. The van der Waals surface area contributed by atoms with Gasteiger partial charge < -0.3 is 14.7 Å². The maximum Gasteiger partial charge on any atom is 0.146 e. The molecule has 0 amide bonds. The fourth-order valence-corrected chi connectivity index (χ4v) is 0.400. The van der Waals surface area contributed by atoms with Crippen LogP contribution < -0.4 is 0 Å². The molecule has 0 N–H and O–H groups in total. The minimum Gasteiger partial charge on any atom is -0.382 e. The summed E-state index contributed by atoms with van der Waals surface area (Å²) >= 11 is 0. The SMILES string of the molecule is C=C(C)N(C)C.C=C(N(C)C)N(C)C.C=[N+](C)C(C)C.CCC. The maximum atomic E-state index is 3.81. The van der Waals surface area contributed by atoms with Gasteiger partial charge in [-0.3, -0.25) is 0 Å². The van der Waals surface area contributed by atoms with Crippen molar-refractivity contribution in [3.8, 4) is 0 Å². The maximum absolute atomic E-state index is 3.81. The summed E-state index contributed by atoms with van der Waals surface area (Å²) in [4.78, 5) is 5.92. The molecular weight excluding hydrogens is 284 g/mol. The molecule has 4 nitrogen and oxygen atoms in total. The van der Waals surface area contributed by atoms with Crippen LogP contribution in [-0.2, 0) is 0 Å². The van der Waals surface area contributed by atoms with Crippen molar-refractivity contribution in [1.82, 2.24) is 14.7 Å². The molecule has 0 aromatic rings. The molecule has 23 heavy (non-hydrogen) atoms. The first-order valence-electron chi connectivity index (χ1n) is 8.15. The highest BCUT2D eigenvalue weighted by molar-refractivity contribution is 5.14. The topological polar surface area (TPSA) is 12.7 Å². The molecule has 0 rings (SSSR count). The third kappa shape index (κ3) is 33.4. The van der Waals surface area contributed by atoms with Crippen molar-refractivity contribution in [3.63, 3.8) is 0 Å². The third-order valence-corrected chi connectivity index (χ3v) is 2.68. The molecule has 0 aliphatic carbocycles. The van der Waals surface area contributed by atoms with E-state index in [2.05, 4.69) is 47.6 Å². The van der Waals surface area contributed by atoms with Crippen molar-refractivity contribution in [3.05, 3.63) is 24.7 Å². The monoisotopic (exact) mass is 329 g/mol. The molecule has 0 aromatic carbocycles. The summed E-state index contributed by atoms with van der Waals surface area (Å²) in [7, 11) is 13.8. The van der Waals surface area contributed by atoms with Gasteiger partial charge in [-0.1, -0.05) is 33.4 Å². The van der Waals surface area contributed by atoms with E-state index in [4.69, 9.17) is 0 Å². The van der Waals surface area contributed by atoms with Gasteiger partial charge in [0.05, 0.1) is 5.82 Å². The van der Waals surface area contributed by atoms with Crippen molar-refractivity contribution in [2.45, 2.75) is 47.1 Å². The van der Waals surface area contributed by atoms with Crippen LogP contribution in [0.3, 0.4) is 0 Å². The van der Waals surface area contributed by atoms with Gasteiger partial charge in [0, 0.05) is 48.0 Å². The molecule has 140 valence electrons. The summed E-state index contributed by atoms with van der Waals surface area (Å²) in [5.41, 5.74) is 1.09. The average Bonchev–Trinajstić information content (AvgIpc) is 2.39. The van der Waals surface area contributed by atoms with Gasteiger partial charge in [0.25, 0.3) is 0 Å². The predicted octanol–water partition coefficient (Wildman–Crippen LogP) is 3.82. The van der Waals surface area contributed by atoms with E-state index in [0.717, 1.165) is 11.5 Å². The van der Waals surface area contributed by atoms with Gasteiger partial charge in [-0.2, -0.15) is 0 Å². The van der Waals surface area contributed by atoms with Gasteiger partial charge in [0.15, 0.2) is 0 Å². The molecule has 0 atom stereocenters. The van der Waals surface area contributed by atoms with Crippen LogP contribution in [0.5, 0.6) is 0 Å². The van der Waals surface area contributed by atoms with Crippen LogP contribution in [0.4, 0.5) is 0 Å². The molecule has 0 radical (unpaired) electrons. The Hall–Kier alpha value is -1.45. The highest BCUT2D eigenvalue weighted by Gasteiger charge is 1.94. The third-order valence-electron chi connectivity index (χ3n) is 2.68. The zero-order valence-corrected chi connectivity index (χ0v) is 18.2. The Morgan fingerprint density at radius 1 is 0.870 bits per heavy atom. The van der Waals surface area contributed by atoms with E-state index in [1.807, 2.05) is 75.5 Å². The largest absolute Gasteiger partial charge is 0.382 e. The second-order valence-corrected chi connectivity index (χ2v) is 6.39. The molecule has 0 aromatic heterocycles. The fraction of sp³-hybridized carbons (Fsp3) is 0.737. The van der Waals surface area contributed by atoms with Gasteiger partial charge >= 0.3 is 0 Å². The molecule has 0 unspecified atom stereocenters. The number of allylic oxidation sites excluding steroid dienone is 1. The normalized spacial score (nSPS) is 8.22. The molecule has 4 heteroatoms. The smallest absolute Gasteiger partial charge is 0.146 e. The minimum atomic E-state index is 0.574. The lowest BCUT2D eigenvalue weighted by atomic mass is 10.4. The van der Waals surface area contributed by atoms with E-state index < -0.39 is 0 Å². The molecular formula is C19H45N4+. The zero-order chi connectivity index (χ0) is 19.7. The lowest BCUT2D eigenvalue weighted by molar-refractivity contribution is -0.521. The summed E-state index contributed by atoms with van der Waals surface area (Å²) in [5, 5.41) is 0.